The van der Waals surface area contributed by atoms with Crippen LogP contribution in [0.5, 0.6) is 5.75 Å². The van der Waals surface area contributed by atoms with E-state index >= 15 is 0 Å². The number of fused-ring (bicyclic) bond motifs is 1. The number of ether oxygens (including phenoxy) is 1. The summed E-state index contributed by atoms with van der Waals surface area (Å²) in [5.41, 5.74) is 17.8. The summed E-state index contributed by atoms with van der Waals surface area (Å²) in [5, 5.41) is 0. The van der Waals surface area contributed by atoms with Gasteiger partial charge >= 0.3 is 0 Å². The highest BCUT2D eigenvalue weighted by molar-refractivity contribution is 5.75. The molecule has 142 valence electrons. The second-order valence-corrected chi connectivity index (χ2v) is 6.87. The van der Waals surface area contributed by atoms with Gasteiger partial charge in [0.1, 0.15) is 12.0 Å². The van der Waals surface area contributed by atoms with Crippen molar-refractivity contribution in [2.45, 2.75) is 19.6 Å². The largest absolute Gasteiger partial charge is 0.491 e. The Morgan fingerprint density at radius 1 is 1.07 bits per heavy atom. The molecule has 2 heterocycles. The van der Waals surface area contributed by atoms with E-state index in [1.807, 2.05) is 36.5 Å². The number of anilines is 1. The Balaban J connectivity index is 1.71. The van der Waals surface area contributed by atoms with Gasteiger partial charge in [0.15, 0.2) is 11.6 Å². The SMILES string of the molecule is COc1c(-c2ccc(C)cc2)ncnc1N1C=Cc2cc(C(N)N)ccc2C1. The third kappa shape index (κ3) is 3.35. The van der Waals surface area contributed by atoms with E-state index in [2.05, 4.69) is 40.0 Å². The van der Waals surface area contributed by atoms with Gasteiger partial charge < -0.3 is 21.1 Å². The number of nitrogens with zero attached hydrogens (tertiary/aromatic N) is 3. The molecule has 0 atom stereocenters. The molecular weight excluding hydrogens is 350 g/mol. The molecule has 4 rings (SSSR count). The summed E-state index contributed by atoms with van der Waals surface area (Å²) in [6.07, 6.45) is 5.14. The second kappa shape index (κ2) is 7.42. The highest BCUT2D eigenvalue weighted by atomic mass is 16.5. The second-order valence-electron chi connectivity index (χ2n) is 6.87. The first-order chi connectivity index (χ1) is 13.6. The van der Waals surface area contributed by atoms with Crippen molar-refractivity contribution >= 4 is 11.9 Å². The van der Waals surface area contributed by atoms with Crippen LogP contribution in [0.1, 0.15) is 28.4 Å². The fourth-order valence-corrected chi connectivity index (χ4v) is 3.35. The summed E-state index contributed by atoms with van der Waals surface area (Å²) < 4.78 is 5.72. The molecule has 0 aliphatic carbocycles. The van der Waals surface area contributed by atoms with Crippen LogP contribution in [0.3, 0.4) is 0 Å². The zero-order valence-electron chi connectivity index (χ0n) is 16.0. The van der Waals surface area contributed by atoms with Crippen molar-refractivity contribution in [2.24, 2.45) is 11.5 Å². The van der Waals surface area contributed by atoms with Crippen LogP contribution < -0.4 is 21.1 Å². The van der Waals surface area contributed by atoms with Crippen molar-refractivity contribution in [3.8, 4) is 17.0 Å². The monoisotopic (exact) mass is 373 g/mol. The lowest BCUT2D eigenvalue weighted by Gasteiger charge is -2.27. The zero-order valence-corrected chi connectivity index (χ0v) is 16.0. The third-order valence-electron chi connectivity index (χ3n) is 4.92. The zero-order chi connectivity index (χ0) is 19.7. The third-order valence-corrected chi connectivity index (χ3v) is 4.92. The smallest absolute Gasteiger partial charge is 0.188 e. The quantitative estimate of drug-likeness (QED) is 0.682. The van der Waals surface area contributed by atoms with Gasteiger partial charge in [0.2, 0.25) is 0 Å². The first kappa shape index (κ1) is 18.2. The summed E-state index contributed by atoms with van der Waals surface area (Å²) in [6, 6.07) is 14.3. The van der Waals surface area contributed by atoms with Gasteiger partial charge in [-0.05, 0) is 35.8 Å². The molecular formula is C22H23N5O. The number of aromatic nitrogens is 2. The van der Waals surface area contributed by atoms with E-state index in [9.17, 15) is 0 Å². The molecule has 1 aliphatic heterocycles. The Kier molecular flexibility index (Phi) is 4.81. The Morgan fingerprint density at radius 3 is 2.57 bits per heavy atom. The van der Waals surface area contributed by atoms with Crippen molar-refractivity contribution < 1.29 is 4.74 Å². The predicted octanol–water partition coefficient (Wildman–Crippen LogP) is 3.37. The summed E-state index contributed by atoms with van der Waals surface area (Å²) >= 11 is 0. The Hall–Kier alpha value is -3.22. The number of rotatable bonds is 4. The molecule has 2 aromatic carbocycles. The molecule has 0 fully saturated rings. The lowest BCUT2D eigenvalue weighted by Crippen LogP contribution is -2.23. The van der Waals surface area contributed by atoms with Gasteiger partial charge in [-0.25, -0.2) is 9.97 Å². The molecule has 0 spiro atoms. The molecule has 3 aromatic rings. The summed E-state index contributed by atoms with van der Waals surface area (Å²) in [6.45, 7) is 2.73. The van der Waals surface area contributed by atoms with Crippen LogP contribution >= 0.6 is 0 Å². The maximum Gasteiger partial charge on any atom is 0.188 e. The molecule has 6 nitrogen and oxygen atoms in total. The van der Waals surface area contributed by atoms with Crippen LogP contribution in [0.4, 0.5) is 5.82 Å². The molecule has 0 saturated carbocycles. The average molecular weight is 373 g/mol. The Labute approximate surface area is 164 Å². The van der Waals surface area contributed by atoms with Crippen molar-refractivity contribution in [3.05, 3.63) is 77.2 Å². The van der Waals surface area contributed by atoms with Gasteiger partial charge in [0, 0.05) is 18.3 Å². The van der Waals surface area contributed by atoms with Crippen LogP contribution in [-0.2, 0) is 6.54 Å². The minimum absolute atomic E-state index is 0.476. The minimum atomic E-state index is -0.476. The van der Waals surface area contributed by atoms with E-state index in [-0.39, 0.29) is 0 Å². The number of benzene rings is 2. The minimum Gasteiger partial charge on any atom is -0.491 e. The van der Waals surface area contributed by atoms with Crippen molar-refractivity contribution in [2.75, 3.05) is 12.0 Å². The van der Waals surface area contributed by atoms with Crippen LogP contribution in [0.25, 0.3) is 17.3 Å². The normalized spacial score (nSPS) is 13.0. The molecule has 4 N–H and O–H groups in total. The molecule has 1 aliphatic rings. The van der Waals surface area contributed by atoms with Crippen LogP contribution in [0.15, 0.2) is 55.0 Å². The Bertz CT molecular complexity index is 1030. The number of methoxy groups -OCH3 is 1. The maximum absolute atomic E-state index is 5.79. The molecule has 1 aromatic heterocycles. The number of hydrogen-bond donors (Lipinski definition) is 2. The highest BCUT2D eigenvalue weighted by Gasteiger charge is 2.21. The summed E-state index contributed by atoms with van der Waals surface area (Å²) in [7, 11) is 1.65. The van der Waals surface area contributed by atoms with E-state index in [0.29, 0.717) is 12.3 Å². The highest BCUT2D eigenvalue weighted by Crippen LogP contribution is 2.37. The first-order valence-corrected chi connectivity index (χ1v) is 9.11. The predicted molar refractivity (Wildman–Crippen MR) is 112 cm³/mol. The van der Waals surface area contributed by atoms with E-state index in [1.54, 1.807) is 13.4 Å². The van der Waals surface area contributed by atoms with Gasteiger partial charge in [-0.3, -0.25) is 0 Å². The van der Waals surface area contributed by atoms with E-state index in [0.717, 1.165) is 28.2 Å². The summed E-state index contributed by atoms with van der Waals surface area (Å²) in [5.74, 6) is 1.38. The standard InChI is InChI=1S/C22H23N5O/c1-14-3-5-15(6-4-14)19-20(28-2)22(26-13-25-19)27-10-9-16-11-17(21(23)24)7-8-18(16)12-27/h3-11,13,21H,12,23-24H2,1-2H3. The van der Waals surface area contributed by atoms with Crippen LogP contribution in [0, 0.1) is 6.92 Å². The van der Waals surface area contributed by atoms with Crippen molar-refractivity contribution in [1.82, 2.24) is 9.97 Å². The topological polar surface area (TPSA) is 90.3 Å². The van der Waals surface area contributed by atoms with E-state index in [4.69, 9.17) is 16.2 Å². The molecule has 28 heavy (non-hydrogen) atoms. The van der Waals surface area contributed by atoms with E-state index in [1.165, 1.54) is 11.1 Å². The average Bonchev–Trinajstić information content (AvgIpc) is 2.73. The van der Waals surface area contributed by atoms with E-state index < -0.39 is 6.17 Å². The first-order valence-electron chi connectivity index (χ1n) is 9.11. The lowest BCUT2D eigenvalue weighted by atomic mass is 10.00. The fourth-order valence-electron chi connectivity index (χ4n) is 3.35. The number of nitrogens with two attached hydrogens (primary N) is 2. The molecule has 0 saturated heterocycles. The molecule has 6 heteroatoms. The molecule has 0 bridgehead atoms. The summed E-state index contributed by atoms with van der Waals surface area (Å²) in [4.78, 5) is 11.0. The van der Waals surface area contributed by atoms with Gasteiger partial charge in [0.05, 0.1) is 13.3 Å². The fraction of sp³-hybridized carbons (Fsp3) is 0.182. The van der Waals surface area contributed by atoms with Crippen molar-refractivity contribution in [1.29, 1.82) is 0 Å². The maximum atomic E-state index is 5.79. The number of hydrogen-bond acceptors (Lipinski definition) is 6. The molecule has 0 amide bonds. The lowest BCUT2D eigenvalue weighted by molar-refractivity contribution is 0.413. The van der Waals surface area contributed by atoms with Crippen LogP contribution in [0.2, 0.25) is 0 Å². The van der Waals surface area contributed by atoms with Gasteiger partial charge in [0.25, 0.3) is 0 Å². The number of aryl methyl sites for hydroxylation is 1. The van der Waals surface area contributed by atoms with Gasteiger partial charge in [-0.1, -0.05) is 42.0 Å². The van der Waals surface area contributed by atoms with Gasteiger partial charge in [-0.2, -0.15) is 0 Å². The van der Waals surface area contributed by atoms with Crippen LogP contribution in [-0.4, -0.2) is 17.1 Å². The Morgan fingerprint density at radius 2 is 1.86 bits per heavy atom. The van der Waals surface area contributed by atoms with Gasteiger partial charge in [-0.15, -0.1) is 0 Å². The van der Waals surface area contributed by atoms with Crippen molar-refractivity contribution in [3.63, 3.8) is 0 Å². The molecule has 0 radical (unpaired) electrons. The molecule has 0 unspecified atom stereocenters.